The van der Waals surface area contributed by atoms with Crippen LogP contribution in [0, 0.1) is 6.92 Å². The molecule has 1 N–H and O–H groups in total. The van der Waals surface area contributed by atoms with E-state index in [9.17, 15) is 4.79 Å². The number of nitrogens with one attached hydrogen (secondary N) is 1. The second-order valence-electron chi connectivity index (χ2n) is 5.52. The summed E-state index contributed by atoms with van der Waals surface area (Å²) in [6.45, 7) is 3.39. The maximum Gasteiger partial charge on any atom is 0.299 e. The van der Waals surface area contributed by atoms with E-state index in [1.54, 1.807) is 24.7 Å². The third kappa shape index (κ3) is 4.07. The van der Waals surface area contributed by atoms with Crippen LogP contribution < -0.4 is 15.6 Å². The Morgan fingerprint density at radius 1 is 1.40 bits per heavy atom. The van der Waals surface area contributed by atoms with Crippen molar-refractivity contribution in [3.8, 4) is 6.01 Å². The van der Waals surface area contributed by atoms with Gasteiger partial charge in [-0.2, -0.15) is 0 Å². The second-order valence-corrected chi connectivity index (χ2v) is 5.52. The zero-order valence-electron chi connectivity index (χ0n) is 12.5. The van der Waals surface area contributed by atoms with Gasteiger partial charge in [-0.05, 0) is 32.7 Å². The van der Waals surface area contributed by atoms with Gasteiger partial charge in [0.1, 0.15) is 0 Å². The number of rotatable bonds is 6. The Morgan fingerprint density at radius 3 is 2.85 bits per heavy atom. The molecule has 0 bridgehead atoms. The van der Waals surface area contributed by atoms with Crippen LogP contribution in [0.25, 0.3) is 0 Å². The summed E-state index contributed by atoms with van der Waals surface area (Å²) in [5.74, 6) is 0. The molecule has 0 unspecified atom stereocenters. The van der Waals surface area contributed by atoms with Crippen molar-refractivity contribution in [2.45, 2.75) is 58.0 Å². The molecule has 1 aromatic rings. The summed E-state index contributed by atoms with van der Waals surface area (Å²) in [7, 11) is 1.55. The van der Waals surface area contributed by atoms with Gasteiger partial charge < -0.3 is 10.1 Å². The van der Waals surface area contributed by atoms with Crippen LogP contribution >= 0.6 is 0 Å². The van der Waals surface area contributed by atoms with Gasteiger partial charge in [0.25, 0.3) is 11.6 Å². The van der Waals surface area contributed by atoms with Gasteiger partial charge in [-0.3, -0.25) is 9.36 Å². The van der Waals surface area contributed by atoms with Crippen molar-refractivity contribution < 1.29 is 4.74 Å². The maximum atomic E-state index is 11.9. The first-order valence-electron chi connectivity index (χ1n) is 7.56. The van der Waals surface area contributed by atoms with Gasteiger partial charge in [-0.1, -0.05) is 19.3 Å². The lowest BCUT2D eigenvalue weighted by Gasteiger charge is -2.22. The number of hydrogen-bond acceptors (Lipinski definition) is 4. The first kappa shape index (κ1) is 15.0. The van der Waals surface area contributed by atoms with Crippen LogP contribution in [-0.2, 0) is 6.54 Å². The van der Waals surface area contributed by atoms with E-state index in [4.69, 9.17) is 4.74 Å². The third-order valence-corrected chi connectivity index (χ3v) is 3.88. The van der Waals surface area contributed by atoms with Gasteiger partial charge in [0.2, 0.25) is 0 Å². The lowest BCUT2D eigenvalue weighted by Crippen LogP contribution is -2.33. The number of nitrogens with zero attached hydrogens (tertiary/aromatic N) is 2. The highest BCUT2D eigenvalue weighted by molar-refractivity contribution is 5.06. The largest absolute Gasteiger partial charge is 0.468 e. The minimum absolute atomic E-state index is 0.0352. The summed E-state index contributed by atoms with van der Waals surface area (Å²) in [4.78, 5) is 16.2. The zero-order valence-corrected chi connectivity index (χ0v) is 12.5. The molecule has 1 aliphatic rings. The van der Waals surface area contributed by atoms with Gasteiger partial charge in [-0.15, -0.1) is 0 Å². The molecule has 0 amide bonds. The topological polar surface area (TPSA) is 56.1 Å². The minimum atomic E-state index is -0.0352. The molecule has 0 aliphatic heterocycles. The first-order valence-corrected chi connectivity index (χ1v) is 7.56. The Balaban J connectivity index is 1.83. The monoisotopic (exact) mass is 279 g/mol. The van der Waals surface area contributed by atoms with Gasteiger partial charge in [0, 0.05) is 24.3 Å². The maximum absolute atomic E-state index is 11.9. The molecule has 2 rings (SSSR count). The molecule has 0 spiro atoms. The predicted octanol–water partition coefficient (Wildman–Crippen LogP) is 1.87. The molecule has 1 heterocycles. The summed E-state index contributed by atoms with van der Waals surface area (Å²) in [5.41, 5.74) is 0.662. The van der Waals surface area contributed by atoms with Crippen LogP contribution in [-0.4, -0.2) is 29.2 Å². The van der Waals surface area contributed by atoms with E-state index in [0.717, 1.165) is 13.0 Å². The first-order chi connectivity index (χ1) is 9.70. The third-order valence-electron chi connectivity index (χ3n) is 3.88. The van der Waals surface area contributed by atoms with Crippen molar-refractivity contribution in [1.82, 2.24) is 14.9 Å². The Labute approximate surface area is 120 Å². The van der Waals surface area contributed by atoms with E-state index in [-0.39, 0.29) is 5.56 Å². The fourth-order valence-electron chi connectivity index (χ4n) is 2.81. The molecule has 0 radical (unpaired) electrons. The second kappa shape index (κ2) is 7.43. The highest BCUT2D eigenvalue weighted by Gasteiger charge is 2.12. The van der Waals surface area contributed by atoms with E-state index in [1.165, 1.54) is 32.1 Å². The molecule has 1 fully saturated rings. The Hall–Kier alpha value is -1.36. The summed E-state index contributed by atoms with van der Waals surface area (Å²) >= 11 is 0. The summed E-state index contributed by atoms with van der Waals surface area (Å²) < 4.78 is 6.79. The summed E-state index contributed by atoms with van der Waals surface area (Å²) in [5, 5.41) is 3.58. The van der Waals surface area contributed by atoms with Crippen LogP contribution in [0.1, 0.15) is 44.2 Å². The van der Waals surface area contributed by atoms with E-state index < -0.39 is 0 Å². The molecule has 20 heavy (non-hydrogen) atoms. The van der Waals surface area contributed by atoms with E-state index in [1.807, 2.05) is 0 Å². The molecule has 0 aromatic carbocycles. The summed E-state index contributed by atoms with van der Waals surface area (Å²) in [6, 6.07) is 2.63. The van der Waals surface area contributed by atoms with Gasteiger partial charge in [0.05, 0.1) is 7.11 Å². The van der Waals surface area contributed by atoms with Crippen molar-refractivity contribution in [3.05, 3.63) is 22.1 Å². The lowest BCUT2D eigenvalue weighted by atomic mass is 9.95. The van der Waals surface area contributed by atoms with E-state index in [0.29, 0.717) is 24.3 Å². The molecular formula is C15H25N3O2. The van der Waals surface area contributed by atoms with Gasteiger partial charge in [0.15, 0.2) is 0 Å². The number of aromatic nitrogens is 2. The van der Waals surface area contributed by atoms with Crippen molar-refractivity contribution in [2.75, 3.05) is 13.7 Å². The fraction of sp³-hybridized carbons (Fsp3) is 0.733. The van der Waals surface area contributed by atoms with Crippen LogP contribution in [0.5, 0.6) is 6.01 Å². The van der Waals surface area contributed by atoms with Crippen molar-refractivity contribution in [3.63, 3.8) is 0 Å². The predicted molar refractivity (Wildman–Crippen MR) is 79.3 cm³/mol. The van der Waals surface area contributed by atoms with Crippen molar-refractivity contribution in [1.29, 1.82) is 0 Å². The Kier molecular flexibility index (Phi) is 5.59. The average Bonchev–Trinajstić information content (AvgIpc) is 2.45. The van der Waals surface area contributed by atoms with E-state index >= 15 is 0 Å². The van der Waals surface area contributed by atoms with Crippen molar-refractivity contribution >= 4 is 0 Å². The number of hydrogen-bond donors (Lipinski definition) is 1. The highest BCUT2D eigenvalue weighted by Crippen LogP contribution is 2.17. The van der Waals surface area contributed by atoms with Crippen LogP contribution in [0.15, 0.2) is 10.9 Å². The van der Waals surface area contributed by atoms with Gasteiger partial charge in [-0.25, -0.2) is 4.98 Å². The Bertz CT molecular complexity index is 478. The minimum Gasteiger partial charge on any atom is -0.468 e. The smallest absolute Gasteiger partial charge is 0.299 e. The number of methoxy groups -OCH3 is 1. The molecule has 1 aliphatic carbocycles. The van der Waals surface area contributed by atoms with Crippen LogP contribution in [0.2, 0.25) is 0 Å². The fourth-order valence-corrected chi connectivity index (χ4v) is 2.81. The van der Waals surface area contributed by atoms with Gasteiger partial charge >= 0.3 is 0 Å². The molecule has 0 saturated heterocycles. The quantitative estimate of drug-likeness (QED) is 0.808. The zero-order chi connectivity index (χ0) is 14.4. The molecular weight excluding hydrogens is 254 g/mol. The summed E-state index contributed by atoms with van der Waals surface area (Å²) in [6.07, 6.45) is 7.54. The number of ether oxygens (including phenoxy) is 1. The SMILES string of the molecule is COc1nc(C)cc(=O)n1CCCNC1CCCCC1. The molecule has 5 heteroatoms. The van der Waals surface area contributed by atoms with E-state index in [2.05, 4.69) is 10.3 Å². The molecule has 112 valence electrons. The highest BCUT2D eigenvalue weighted by atomic mass is 16.5. The average molecular weight is 279 g/mol. The molecule has 1 aromatic heterocycles. The van der Waals surface area contributed by atoms with Crippen LogP contribution in [0.3, 0.4) is 0 Å². The Morgan fingerprint density at radius 2 is 2.15 bits per heavy atom. The standard InChI is InChI=1S/C15H25N3O2/c1-12-11-14(19)18(15(17-12)20-2)10-6-9-16-13-7-4-3-5-8-13/h11,13,16H,3-10H2,1-2H3. The van der Waals surface area contributed by atoms with Crippen LogP contribution in [0.4, 0.5) is 0 Å². The normalized spacial score (nSPS) is 16.3. The molecule has 5 nitrogen and oxygen atoms in total. The molecule has 1 saturated carbocycles. The molecule has 0 atom stereocenters. The lowest BCUT2D eigenvalue weighted by molar-refractivity contribution is 0.335. The number of aryl methyl sites for hydroxylation is 1. The van der Waals surface area contributed by atoms with Crippen molar-refractivity contribution in [2.24, 2.45) is 0 Å².